The van der Waals surface area contributed by atoms with Gasteiger partial charge >= 0.3 is 0 Å². The smallest absolute Gasteiger partial charge is 0.00676 e. The van der Waals surface area contributed by atoms with Gasteiger partial charge in [-0.25, -0.2) is 0 Å². The first-order valence-corrected chi connectivity index (χ1v) is 7.64. The Balaban J connectivity index is 1.62. The molecule has 0 aromatic carbocycles. The molecule has 0 spiro atoms. The molecule has 3 unspecified atom stereocenters. The number of likely N-dealkylation sites (tertiary alicyclic amines) is 1. The molecular formula is C15H30N2. The maximum absolute atomic E-state index is 3.51. The summed E-state index contributed by atoms with van der Waals surface area (Å²) in [5.74, 6) is 2.09. The van der Waals surface area contributed by atoms with Crippen molar-refractivity contribution in [3.05, 3.63) is 0 Å². The minimum absolute atomic E-state index is 0.636. The molecular weight excluding hydrogens is 208 g/mol. The zero-order valence-electron chi connectivity index (χ0n) is 11.9. The molecule has 0 aromatic rings. The van der Waals surface area contributed by atoms with Gasteiger partial charge < -0.3 is 10.2 Å². The van der Waals surface area contributed by atoms with Crippen LogP contribution in [0.3, 0.4) is 0 Å². The lowest BCUT2D eigenvalue weighted by molar-refractivity contribution is 0.225. The number of nitrogens with one attached hydrogen (secondary N) is 1. The van der Waals surface area contributed by atoms with Crippen LogP contribution in [0.15, 0.2) is 0 Å². The summed E-state index contributed by atoms with van der Waals surface area (Å²) < 4.78 is 0. The van der Waals surface area contributed by atoms with E-state index in [4.69, 9.17) is 0 Å². The van der Waals surface area contributed by atoms with Gasteiger partial charge in [-0.15, -0.1) is 0 Å². The van der Waals surface area contributed by atoms with Crippen LogP contribution < -0.4 is 5.32 Å². The summed E-state index contributed by atoms with van der Waals surface area (Å²) in [6.07, 6.45) is 7.19. The van der Waals surface area contributed by atoms with Crippen LogP contribution >= 0.6 is 0 Å². The maximum Gasteiger partial charge on any atom is 0.00676 e. The lowest BCUT2D eigenvalue weighted by Crippen LogP contribution is -2.33. The molecule has 2 nitrogen and oxygen atoms in total. The van der Waals surface area contributed by atoms with Crippen molar-refractivity contribution in [2.45, 2.75) is 65.0 Å². The Morgan fingerprint density at radius 3 is 2.35 bits per heavy atom. The highest BCUT2D eigenvalue weighted by molar-refractivity contribution is 4.90. The molecule has 1 aliphatic heterocycles. The predicted molar refractivity (Wildman–Crippen MR) is 74.2 cm³/mol. The Hall–Kier alpha value is -0.0800. The fourth-order valence-corrected chi connectivity index (χ4v) is 3.60. The van der Waals surface area contributed by atoms with Gasteiger partial charge in [0, 0.05) is 25.2 Å². The van der Waals surface area contributed by atoms with Gasteiger partial charge in [-0.1, -0.05) is 20.3 Å². The number of hydrogen-bond acceptors (Lipinski definition) is 2. The molecule has 17 heavy (non-hydrogen) atoms. The molecule has 1 N–H and O–H groups in total. The van der Waals surface area contributed by atoms with Crippen LogP contribution in [0, 0.1) is 11.8 Å². The fraction of sp³-hybridized carbons (Fsp3) is 1.00. The van der Waals surface area contributed by atoms with Crippen molar-refractivity contribution >= 4 is 0 Å². The average Bonchev–Trinajstić information content (AvgIpc) is 2.83. The summed E-state index contributed by atoms with van der Waals surface area (Å²) in [4.78, 5) is 2.75. The third-order valence-corrected chi connectivity index (χ3v) is 4.73. The van der Waals surface area contributed by atoms with Crippen LogP contribution in [-0.2, 0) is 0 Å². The summed E-state index contributed by atoms with van der Waals surface area (Å²) >= 11 is 0. The molecule has 0 radical (unpaired) electrons. The molecule has 1 saturated heterocycles. The third kappa shape index (κ3) is 3.69. The molecule has 1 heterocycles. The van der Waals surface area contributed by atoms with E-state index in [0.717, 1.165) is 17.9 Å². The molecule has 0 amide bonds. The van der Waals surface area contributed by atoms with Gasteiger partial charge in [-0.05, 0) is 51.0 Å². The minimum Gasteiger partial charge on any atom is -0.315 e. The van der Waals surface area contributed by atoms with E-state index < -0.39 is 0 Å². The summed E-state index contributed by atoms with van der Waals surface area (Å²) in [6, 6.07) is 1.44. The second-order valence-corrected chi connectivity index (χ2v) is 6.51. The number of hydrogen-bond donors (Lipinski definition) is 1. The lowest BCUT2D eigenvalue weighted by Gasteiger charge is -2.25. The van der Waals surface area contributed by atoms with Crippen LogP contribution in [0.2, 0.25) is 0 Å². The molecule has 3 atom stereocenters. The summed E-state index contributed by atoms with van der Waals surface area (Å²) in [6.45, 7) is 10.8. The zero-order valence-corrected chi connectivity index (χ0v) is 11.9. The van der Waals surface area contributed by atoms with Crippen LogP contribution in [0.4, 0.5) is 0 Å². The van der Waals surface area contributed by atoms with E-state index in [0.29, 0.717) is 6.04 Å². The second kappa shape index (κ2) is 6.19. The van der Waals surface area contributed by atoms with Crippen LogP contribution in [0.1, 0.15) is 52.9 Å². The average molecular weight is 238 g/mol. The molecule has 1 saturated carbocycles. The van der Waals surface area contributed by atoms with Crippen molar-refractivity contribution < 1.29 is 0 Å². The van der Waals surface area contributed by atoms with Crippen molar-refractivity contribution in [2.75, 3.05) is 19.6 Å². The quantitative estimate of drug-likeness (QED) is 0.716. The van der Waals surface area contributed by atoms with Gasteiger partial charge in [-0.3, -0.25) is 0 Å². The summed E-state index contributed by atoms with van der Waals surface area (Å²) in [5.41, 5.74) is 0. The molecule has 1 aliphatic carbocycles. The van der Waals surface area contributed by atoms with Gasteiger partial charge in [0.15, 0.2) is 0 Å². The maximum atomic E-state index is 3.51. The van der Waals surface area contributed by atoms with Crippen molar-refractivity contribution in [3.8, 4) is 0 Å². The lowest BCUT2D eigenvalue weighted by atomic mass is 10.0. The molecule has 2 aliphatic rings. The Labute approximate surface area is 107 Å². The SMILES string of the molecule is CC(C)NCCCC(C)N1CC2CCCC2C1. The standard InChI is InChI=1S/C15H30N2/c1-12(2)16-9-5-6-13(3)17-10-14-7-4-8-15(14)11-17/h12-16H,4-11H2,1-3H3. The highest BCUT2D eigenvalue weighted by Crippen LogP contribution is 2.38. The Morgan fingerprint density at radius 2 is 1.76 bits per heavy atom. The first-order valence-electron chi connectivity index (χ1n) is 7.64. The van der Waals surface area contributed by atoms with E-state index >= 15 is 0 Å². The van der Waals surface area contributed by atoms with Crippen molar-refractivity contribution in [2.24, 2.45) is 11.8 Å². The van der Waals surface area contributed by atoms with Crippen LogP contribution in [-0.4, -0.2) is 36.6 Å². The Bertz CT molecular complexity index is 215. The van der Waals surface area contributed by atoms with Crippen LogP contribution in [0.5, 0.6) is 0 Å². The number of nitrogens with zero attached hydrogens (tertiary/aromatic N) is 1. The summed E-state index contributed by atoms with van der Waals surface area (Å²) in [7, 11) is 0. The van der Waals surface area contributed by atoms with Gasteiger partial charge in [-0.2, -0.15) is 0 Å². The zero-order chi connectivity index (χ0) is 12.3. The van der Waals surface area contributed by atoms with E-state index in [9.17, 15) is 0 Å². The molecule has 0 aromatic heterocycles. The molecule has 100 valence electrons. The van der Waals surface area contributed by atoms with E-state index in [1.54, 1.807) is 0 Å². The third-order valence-electron chi connectivity index (χ3n) is 4.73. The topological polar surface area (TPSA) is 15.3 Å². The highest BCUT2D eigenvalue weighted by Gasteiger charge is 2.37. The monoisotopic (exact) mass is 238 g/mol. The van der Waals surface area contributed by atoms with E-state index in [1.165, 1.54) is 51.7 Å². The highest BCUT2D eigenvalue weighted by atomic mass is 15.2. The largest absolute Gasteiger partial charge is 0.315 e. The van der Waals surface area contributed by atoms with E-state index in [1.807, 2.05) is 0 Å². The predicted octanol–water partition coefficient (Wildman–Crippen LogP) is 2.89. The van der Waals surface area contributed by atoms with Crippen molar-refractivity contribution in [1.29, 1.82) is 0 Å². The number of rotatable bonds is 6. The van der Waals surface area contributed by atoms with Gasteiger partial charge in [0.05, 0.1) is 0 Å². The Kier molecular flexibility index (Phi) is 4.87. The van der Waals surface area contributed by atoms with Gasteiger partial charge in [0.25, 0.3) is 0 Å². The normalized spacial score (nSPS) is 31.1. The van der Waals surface area contributed by atoms with Crippen molar-refractivity contribution in [1.82, 2.24) is 10.2 Å². The summed E-state index contributed by atoms with van der Waals surface area (Å²) in [5, 5.41) is 3.51. The van der Waals surface area contributed by atoms with Gasteiger partial charge in [0.1, 0.15) is 0 Å². The molecule has 2 fully saturated rings. The molecule has 0 bridgehead atoms. The van der Waals surface area contributed by atoms with E-state index in [2.05, 4.69) is 31.0 Å². The fourth-order valence-electron chi connectivity index (χ4n) is 3.60. The molecule has 2 heteroatoms. The Morgan fingerprint density at radius 1 is 1.12 bits per heavy atom. The molecule has 2 rings (SSSR count). The minimum atomic E-state index is 0.636. The van der Waals surface area contributed by atoms with Gasteiger partial charge in [0.2, 0.25) is 0 Å². The number of fused-ring (bicyclic) bond motifs is 1. The van der Waals surface area contributed by atoms with Crippen molar-refractivity contribution in [3.63, 3.8) is 0 Å². The first-order chi connectivity index (χ1) is 8.16. The van der Waals surface area contributed by atoms with Crippen LogP contribution in [0.25, 0.3) is 0 Å². The van der Waals surface area contributed by atoms with E-state index in [-0.39, 0.29) is 0 Å². The first kappa shape index (κ1) is 13.4. The second-order valence-electron chi connectivity index (χ2n) is 6.51.